The molecule has 0 aromatic heterocycles. The first-order valence-electron chi connectivity index (χ1n) is 7.87. The van der Waals surface area contributed by atoms with Gasteiger partial charge in [-0.25, -0.2) is 4.79 Å². The van der Waals surface area contributed by atoms with Crippen molar-refractivity contribution in [2.24, 2.45) is 5.41 Å². The Kier molecular flexibility index (Phi) is 4.96. The molecule has 6 nitrogen and oxygen atoms in total. The fourth-order valence-electron chi connectivity index (χ4n) is 2.87. The maximum atomic E-state index is 11.7. The molecule has 0 saturated carbocycles. The lowest BCUT2D eigenvalue weighted by Gasteiger charge is -2.35. The van der Waals surface area contributed by atoms with Crippen LogP contribution in [0.15, 0.2) is 52.5 Å². The number of carbonyl (C=O) groups is 1. The van der Waals surface area contributed by atoms with E-state index in [-0.39, 0.29) is 22.3 Å². The first-order chi connectivity index (χ1) is 11.4. The molecule has 7 heteroatoms. The topological polar surface area (TPSA) is 112 Å². The number of carboxylic acids is 1. The zero-order valence-corrected chi connectivity index (χ0v) is 15.2. The third-order valence-electron chi connectivity index (χ3n) is 4.82. The SMILES string of the molecule is CCC(C)(C)C1=C(C(=O)O)CC(O)(c2ccc(S(=O)(=O)O)cc2)C=C1. The number of carboxylic acid groups (broad SMARTS) is 1. The molecule has 0 saturated heterocycles. The third kappa shape index (κ3) is 3.84. The Bertz CT molecular complexity index is 846. The zero-order valence-electron chi connectivity index (χ0n) is 14.4. The van der Waals surface area contributed by atoms with Gasteiger partial charge in [0.05, 0.1) is 4.90 Å². The second-order valence-corrected chi connectivity index (χ2v) is 8.29. The van der Waals surface area contributed by atoms with Crippen LogP contribution in [0, 0.1) is 5.41 Å². The van der Waals surface area contributed by atoms with E-state index >= 15 is 0 Å². The lowest BCUT2D eigenvalue weighted by atomic mass is 9.72. The van der Waals surface area contributed by atoms with Gasteiger partial charge in [0, 0.05) is 12.0 Å². The number of benzene rings is 1. The van der Waals surface area contributed by atoms with Crippen LogP contribution in [-0.4, -0.2) is 29.2 Å². The minimum Gasteiger partial charge on any atom is -0.478 e. The molecule has 1 unspecified atom stereocenters. The van der Waals surface area contributed by atoms with Gasteiger partial charge in [-0.3, -0.25) is 4.55 Å². The van der Waals surface area contributed by atoms with Gasteiger partial charge in [-0.15, -0.1) is 0 Å². The van der Waals surface area contributed by atoms with E-state index < -0.39 is 21.7 Å². The molecule has 1 aromatic rings. The normalized spacial score (nSPS) is 21.5. The van der Waals surface area contributed by atoms with Gasteiger partial charge < -0.3 is 10.2 Å². The van der Waals surface area contributed by atoms with Crippen LogP contribution in [-0.2, 0) is 20.5 Å². The van der Waals surface area contributed by atoms with E-state index in [0.717, 1.165) is 6.42 Å². The Labute approximate surface area is 147 Å². The van der Waals surface area contributed by atoms with Crippen molar-refractivity contribution in [1.82, 2.24) is 0 Å². The number of rotatable bonds is 5. The summed E-state index contributed by atoms with van der Waals surface area (Å²) in [7, 11) is -4.33. The highest BCUT2D eigenvalue weighted by Gasteiger charge is 2.37. The van der Waals surface area contributed by atoms with Gasteiger partial charge in [0.1, 0.15) is 5.60 Å². The van der Waals surface area contributed by atoms with Gasteiger partial charge in [0.2, 0.25) is 0 Å². The van der Waals surface area contributed by atoms with Crippen molar-refractivity contribution >= 4 is 16.1 Å². The number of aliphatic carboxylic acids is 1. The Hall–Kier alpha value is -1.96. The van der Waals surface area contributed by atoms with E-state index in [1.807, 2.05) is 20.8 Å². The van der Waals surface area contributed by atoms with E-state index in [9.17, 15) is 23.4 Å². The van der Waals surface area contributed by atoms with E-state index in [1.165, 1.54) is 30.3 Å². The molecule has 1 aliphatic rings. The summed E-state index contributed by atoms with van der Waals surface area (Å²) < 4.78 is 31.3. The van der Waals surface area contributed by atoms with Crippen LogP contribution < -0.4 is 0 Å². The average molecular weight is 366 g/mol. The van der Waals surface area contributed by atoms with Crippen LogP contribution in [0.5, 0.6) is 0 Å². The lowest BCUT2D eigenvalue weighted by molar-refractivity contribution is -0.133. The van der Waals surface area contributed by atoms with Crippen LogP contribution in [0.25, 0.3) is 0 Å². The van der Waals surface area contributed by atoms with Gasteiger partial charge in [0.15, 0.2) is 0 Å². The van der Waals surface area contributed by atoms with Crippen molar-refractivity contribution in [2.75, 3.05) is 0 Å². The van der Waals surface area contributed by atoms with Gasteiger partial charge in [-0.1, -0.05) is 39.0 Å². The molecule has 0 spiro atoms. The molecule has 3 N–H and O–H groups in total. The van der Waals surface area contributed by atoms with Crippen LogP contribution in [0.1, 0.15) is 39.2 Å². The first-order valence-corrected chi connectivity index (χ1v) is 9.31. The van der Waals surface area contributed by atoms with E-state index in [2.05, 4.69) is 0 Å². The molecule has 0 bridgehead atoms. The summed E-state index contributed by atoms with van der Waals surface area (Å²) in [5.41, 5.74) is -0.750. The molecule has 0 amide bonds. The molecule has 1 aromatic carbocycles. The maximum Gasteiger partial charge on any atom is 0.331 e. The summed E-state index contributed by atoms with van der Waals surface area (Å²) in [6.07, 6.45) is 3.79. The van der Waals surface area contributed by atoms with Gasteiger partial charge >= 0.3 is 5.97 Å². The molecule has 0 heterocycles. The van der Waals surface area contributed by atoms with Gasteiger partial charge in [-0.05, 0) is 41.2 Å². The van der Waals surface area contributed by atoms with Crippen molar-refractivity contribution in [2.45, 2.75) is 44.1 Å². The lowest BCUT2D eigenvalue weighted by Crippen LogP contribution is -2.31. The molecule has 0 fully saturated rings. The number of hydrogen-bond donors (Lipinski definition) is 3. The minimum absolute atomic E-state index is 0.122. The number of aliphatic hydroxyl groups is 1. The highest BCUT2D eigenvalue weighted by molar-refractivity contribution is 7.85. The van der Waals surface area contributed by atoms with Crippen LogP contribution in [0.3, 0.4) is 0 Å². The van der Waals surface area contributed by atoms with Crippen molar-refractivity contribution < 1.29 is 28.0 Å². The van der Waals surface area contributed by atoms with Crippen molar-refractivity contribution in [1.29, 1.82) is 0 Å². The highest BCUT2D eigenvalue weighted by atomic mass is 32.2. The molecule has 1 atom stereocenters. The third-order valence-corrected chi connectivity index (χ3v) is 5.69. The molecule has 0 radical (unpaired) electrons. The van der Waals surface area contributed by atoms with Crippen molar-refractivity contribution in [3.63, 3.8) is 0 Å². The van der Waals surface area contributed by atoms with Crippen molar-refractivity contribution in [3.8, 4) is 0 Å². The molecule has 25 heavy (non-hydrogen) atoms. The van der Waals surface area contributed by atoms with E-state index in [0.29, 0.717) is 11.1 Å². The quantitative estimate of drug-likeness (QED) is 0.691. The summed E-state index contributed by atoms with van der Waals surface area (Å²) >= 11 is 0. The van der Waals surface area contributed by atoms with E-state index in [1.54, 1.807) is 6.08 Å². The predicted molar refractivity (Wildman–Crippen MR) is 92.6 cm³/mol. The summed E-state index contributed by atoms with van der Waals surface area (Å²) in [6, 6.07) is 5.07. The Balaban J connectivity index is 2.46. The summed E-state index contributed by atoms with van der Waals surface area (Å²) in [5.74, 6) is -1.09. The fourth-order valence-corrected chi connectivity index (χ4v) is 3.35. The first kappa shape index (κ1) is 19.4. The molecule has 0 aliphatic heterocycles. The second kappa shape index (κ2) is 6.40. The summed E-state index contributed by atoms with van der Waals surface area (Å²) in [4.78, 5) is 11.4. The Morgan fingerprint density at radius 1 is 1.24 bits per heavy atom. The molecular formula is C18H22O6S. The standard InChI is InChI=1S/C18H22O6S/c1-4-17(2,3)15-9-10-18(21,11-14(15)16(19)20)12-5-7-13(8-6-12)25(22,23)24/h5-10,21H,4,11H2,1-3H3,(H,19,20)(H,22,23,24). The van der Waals surface area contributed by atoms with Gasteiger partial charge in [-0.2, -0.15) is 8.42 Å². The Morgan fingerprint density at radius 3 is 2.24 bits per heavy atom. The number of allylic oxidation sites excluding steroid dienone is 2. The second-order valence-electron chi connectivity index (χ2n) is 6.87. The van der Waals surface area contributed by atoms with Crippen LogP contribution in [0.2, 0.25) is 0 Å². The smallest absolute Gasteiger partial charge is 0.331 e. The Morgan fingerprint density at radius 2 is 1.80 bits per heavy atom. The summed E-state index contributed by atoms with van der Waals surface area (Å²) in [6.45, 7) is 5.86. The van der Waals surface area contributed by atoms with Crippen molar-refractivity contribution in [3.05, 3.63) is 53.1 Å². The average Bonchev–Trinajstić information content (AvgIpc) is 2.54. The van der Waals surface area contributed by atoms with Crippen LogP contribution in [0.4, 0.5) is 0 Å². The molecular weight excluding hydrogens is 344 g/mol. The molecule has 136 valence electrons. The van der Waals surface area contributed by atoms with E-state index in [4.69, 9.17) is 4.55 Å². The predicted octanol–water partition coefficient (Wildman–Crippen LogP) is 2.90. The minimum atomic E-state index is -4.33. The maximum absolute atomic E-state index is 11.7. The monoisotopic (exact) mass is 366 g/mol. The largest absolute Gasteiger partial charge is 0.478 e. The molecule has 2 rings (SSSR count). The zero-order chi connectivity index (χ0) is 19.0. The fraction of sp³-hybridized carbons (Fsp3) is 0.389. The van der Waals surface area contributed by atoms with Crippen LogP contribution >= 0.6 is 0 Å². The highest BCUT2D eigenvalue weighted by Crippen LogP contribution is 2.42. The number of hydrogen-bond acceptors (Lipinski definition) is 4. The summed E-state index contributed by atoms with van der Waals surface area (Å²) in [5, 5.41) is 20.5. The van der Waals surface area contributed by atoms with Gasteiger partial charge in [0.25, 0.3) is 10.1 Å². The molecule has 1 aliphatic carbocycles.